The molecule has 7 heteroatoms. The zero-order valence-electron chi connectivity index (χ0n) is 17.5. The summed E-state index contributed by atoms with van der Waals surface area (Å²) < 4.78 is 10.8. The first-order valence-electron chi connectivity index (χ1n) is 10.1. The molecule has 0 saturated heterocycles. The minimum Gasteiger partial charge on any atom is -0.497 e. The van der Waals surface area contributed by atoms with Crippen LogP contribution in [-0.4, -0.2) is 31.6 Å². The monoisotopic (exact) mass is 428 g/mol. The molecule has 1 N–H and O–H groups in total. The van der Waals surface area contributed by atoms with Crippen LogP contribution in [0.1, 0.15) is 21.5 Å². The summed E-state index contributed by atoms with van der Waals surface area (Å²) in [5.74, 6) is -0.669. The lowest BCUT2D eigenvalue weighted by Gasteiger charge is -2.27. The lowest BCUT2D eigenvalue weighted by atomic mass is 9.74. The van der Waals surface area contributed by atoms with Crippen molar-refractivity contribution >= 4 is 23.1 Å². The molecule has 7 nitrogen and oxygen atoms in total. The highest BCUT2D eigenvalue weighted by Gasteiger charge is 2.63. The third kappa shape index (κ3) is 2.78. The van der Waals surface area contributed by atoms with E-state index in [0.29, 0.717) is 39.6 Å². The fourth-order valence-corrected chi connectivity index (χ4v) is 4.34. The van der Waals surface area contributed by atoms with Crippen LogP contribution in [0.15, 0.2) is 78.0 Å². The summed E-state index contributed by atoms with van der Waals surface area (Å²) >= 11 is 0. The van der Waals surface area contributed by atoms with E-state index < -0.39 is 17.4 Å². The molecule has 0 aromatic heterocycles. The summed E-state index contributed by atoms with van der Waals surface area (Å²) in [5.41, 5.74) is 0.901. The molecule has 32 heavy (non-hydrogen) atoms. The van der Waals surface area contributed by atoms with Gasteiger partial charge in [0.25, 0.3) is 11.5 Å². The van der Waals surface area contributed by atoms with Gasteiger partial charge in [-0.05, 0) is 18.2 Å². The van der Waals surface area contributed by atoms with Gasteiger partial charge in [-0.2, -0.15) is 0 Å². The SMILES string of the molecule is COc1ccc(C2=NO[C@]3(C(=O)Nc4ccccc43)[C@@H]2C(=O)c2ccccc2)c(OC)c1. The molecular weight excluding hydrogens is 408 g/mol. The number of ketones is 1. The maximum atomic E-state index is 13.9. The first-order chi connectivity index (χ1) is 15.6. The zero-order chi connectivity index (χ0) is 22.3. The Bertz CT molecular complexity index is 1250. The Hall–Kier alpha value is -4.13. The van der Waals surface area contributed by atoms with Gasteiger partial charge in [0.1, 0.15) is 23.1 Å². The predicted molar refractivity (Wildman–Crippen MR) is 118 cm³/mol. The van der Waals surface area contributed by atoms with E-state index in [1.54, 1.807) is 67.8 Å². The quantitative estimate of drug-likeness (QED) is 0.625. The molecule has 2 aliphatic rings. The summed E-state index contributed by atoms with van der Waals surface area (Å²) in [5, 5.41) is 7.14. The molecule has 0 aliphatic carbocycles. The first kappa shape index (κ1) is 19.8. The number of fused-ring (bicyclic) bond motifs is 2. The number of anilines is 1. The lowest BCUT2D eigenvalue weighted by Crippen LogP contribution is -2.46. The van der Waals surface area contributed by atoms with Crippen molar-refractivity contribution in [1.82, 2.24) is 0 Å². The minimum atomic E-state index is -1.61. The van der Waals surface area contributed by atoms with Gasteiger partial charge in [-0.15, -0.1) is 0 Å². The molecule has 1 amide bonds. The first-order valence-corrected chi connectivity index (χ1v) is 10.1. The maximum Gasteiger partial charge on any atom is 0.277 e. The number of amides is 1. The smallest absolute Gasteiger partial charge is 0.277 e. The highest BCUT2D eigenvalue weighted by atomic mass is 16.7. The molecule has 1 spiro atoms. The number of hydrogen-bond acceptors (Lipinski definition) is 6. The predicted octanol–water partition coefficient (Wildman–Crippen LogP) is 3.78. The fourth-order valence-electron chi connectivity index (χ4n) is 4.34. The van der Waals surface area contributed by atoms with Gasteiger partial charge in [0, 0.05) is 28.4 Å². The highest BCUT2D eigenvalue weighted by Crippen LogP contribution is 2.50. The Balaban J connectivity index is 1.71. The molecule has 0 saturated carbocycles. The molecule has 160 valence electrons. The Kier molecular flexibility index (Phi) is 4.66. The standard InChI is InChI=1S/C25H20N2O5/c1-30-16-12-13-17(20(14-16)31-2)22-21(23(28)15-8-4-3-5-9-15)25(32-27-22)18-10-6-7-11-19(18)26-24(25)29/h3-14,21H,1-2H3,(H,26,29)/t21-,25-/m0/s1. The van der Waals surface area contributed by atoms with Crippen LogP contribution in [0.5, 0.6) is 11.5 Å². The average molecular weight is 428 g/mol. The number of methoxy groups -OCH3 is 2. The summed E-state index contributed by atoms with van der Waals surface area (Å²) in [6.45, 7) is 0. The van der Waals surface area contributed by atoms with Gasteiger partial charge in [-0.1, -0.05) is 53.7 Å². The van der Waals surface area contributed by atoms with E-state index in [2.05, 4.69) is 10.5 Å². The number of nitrogens with zero attached hydrogens (tertiary/aromatic N) is 1. The van der Waals surface area contributed by atoms with Crippen LogP contribution >= 0.6 is 0 Å². The van der Waals surface area contributed by atoms with Crippen molar-refractivity contribution in [3.8, 4) is 11.5 Å². The van der Waals surface area contributed by atoms with Crippen molar-refractivity contribution in [3.63, 3.8) is 0 Å². The number of Topliss-reactive ketones (excluding diaryl/α,β-unsaturated/α-hetero) is 1. The van der Waals surface area contributed by atoms with Crippen molar-refractivity contribution in [2.24, 2.45) is 11.1 Å². The van der Waals surface area contributed by atoms with Crippen molar-refractivity contribution in [2.45, 2.75) is 5.60 Å². The number of para-hydroxylation sites is 1. The summed E-state index contributed by atoms with van der Waals surface area (Å²) in [4.78, 5) is 33.1. The summed E-state index contributed by atoms with van der Waals surface area (Å²) in [6.07, 6.45) is 0. The van der Waals surface area contributed by atoms with E-state index in [0.717, 1.165) is 0 Å². The van der Waals surface area contributed by atoms with E-state index in [1.165, 1.54) is 7.11 Å². The Morgan fingerprint density at radius 1 is 1.00 bits per heavy atom. The van der Waals surface area contributed by atoms with Crippen molar-refractivity contribution in [2.75, 3.05) is 19.5 Å². The van der Waals surface area contributed by atoms with Gasteiger partial charge in [-0.3, -0.25) is 9.59 Å². The van der Waals surface area contributed by atoms with Crippen LogP contribution in [0.4, 0.5) is 5.69 Å². The number of ether oxygens (including phenoxy) is 2. The Morgan fingerprint density at radius 2 is 1.75 bits per heavy atom. The third-order valence-electron chi connectivity index (χ3n) is 5.89. The number of hydrogen-bond donors (Lipinski definition) is 1. The van der Waals surface area contributed by atoms with E-state index in [-0.39, 0.29) is 5.78 Å². The molecule has 0 radical (unpaired) electrons. The minimum absolute atomic E-state index is 0.272. The van der Waals surface area contributed by atoms with Crippen LogP contribution in [0, 0.1) is 5.92 Å². The topological polar surface area (TPSA) is 86.2 Å². The lowest BCUT2D eigenvalue weighted by molar-refractivity contribution is -0.140. The van der Waals surface area contributed by atoms with Gasteiger partial charge < -0.3 is 19.6 Å². The summed E-state index contributed by atoms with van der Waals surface area (Å²) in [6, 6.07) is 21.2. The Morgan fingerprint density at radius 3 is 2.50 bits per heavy atom. The molecule has 0 unspecified atom stereocenters. The second-order valence-electron chi connectivity index (χ2n) is 7.53. The van der Waals surface area contributed by atoms with E-state index in [4.69, 9.17) is 14.3 Å². The molecule has 5 rings (SSSR count). The van der Waals surface area contributed by atoms with Crippen molar-refractivity contribution in [3.05, 3.63) is 89.5 Å². The summed E-state index contributed by atoms with van der Waals surface area (Å²) in [7, 11) is 3.08. The van der Waals surface area contributed by atoms with E-state index in [1.807, 2.05) is 12.1 Å². The molecule has 0 fully saturated rings. The second-order valence-corrected chi connectivity index (χ2v) is 7.53. The fraction of sp³-hybridized carbons (Fsp3) is 0.160. The van der Waals surface area contributed by atoms with Crippen LogP contribution in [0.25, 0.3) is 0 Å². The second kappa shape index (κ2) is 7.53. The zero-order valence-corrected chi connectivity index (χ0v) is 17.5. The largest absolute Gasteiger partial charge is 0.497 e. The van der Waals surface area contributed by atoms with Crippen molar-refractivity contribution in [1.29, 1.82) is 0 Å². The molecule has 2 heterocycles. The normalized spacial score (nSPS) is 20.9. The molecule has 2 aliphatic heterocycles. The van der Waals surface area contributed by atoms with Crippen LogP contribution < -0.4 is 14.8 Å². The van der Waals surface area contributed by atoms with Gasteiger partial charge in [0.2, 0.25) is 0 Å². The highest BCUT2D eigenvalue weighted by molar-refractivity contribution is 6.25. The number of benzene rings is 3. The molecular formula is C25H20N2O5. The number of oxime groups is 1. The molecule has 2 atom stereocenters. The van der Waals surface area contributed by atoms with Crippen LogP contribution in [0.3, 0.4) is 0 Å². The molecule has 0 bridgehead atoms. The molecule has 3 aromatic rings. The van der Waals surface area contributed by atoms with Gasteiger partial charge in [0.05, 0.1) is 14.2 Å². The number of rotatable bonds is 5. The Labute approximate surface area is 184 Å². The van der Waals surface area contributed by atoms with Crippen LogP contribution in [-0.2, 0) is 15.2 Å². The van der Waals surface area contributed by atoms with Gasteiger partial charge in [-0.25, -0.2) is 0 Å². The molecule has 3 aromatic carbocycles. The maximum absolute atomic E-state index is 13.9. The number of carbonyl (C=O) groups excluding carboxylic acids is 2. The van der Waals surface area contributed by atoms with Crippen LogP contribution in [0.2, 0.25) is 0 Å². The number of carbonyl (C=O) groups is 2. The van der Waals surface area contributed by atoms with Gasteiger partial charge in [0.15, 0.2) is 5.78 Å². The number of nitrogens with one attached hydrogen (secondary N) is 1. The van der Waals surface area contributed by atoms with E-state index in [9.17, 15) is 9.59 Å². The van der Waals surface area contributed by atoms with Crippen molar-refractivity contribution < 1.29 is 23.9 Å². The average Bonchev–Trinajstić information content (AvgIpc) is 3.37. The van der Waals surface area contributed by atoms with E-state index >= 15 is 0 Å². The van der Waals surface area contributed by atoms with Gasteiger partial charge >= 0.3 is 0 Å². The third-order valence-corrected chi connectivity index (χ3v) is 5.89.